The van der Waals surface area contributed by atoms with Crippen molar-refractivity contribution >= 4 is 29.4 Å². The third-order valence-corrected chi connectivity index (χ3v) is 4.04. The van der Waals surface area contributed by atoms with E-state index in [9.17, 15) is 14.4 Å². The number of halogens is 1. The molecule has 0 atom stereocenters. The van der Waals surface area contributed by atoms with Gasteiger partial charge < -0.3 is 4.74 Å². The molecule has 2 aromatic carbocycles. The van der Waals surface area contributed by atoms with Crippen molar-refractivity contribution < 1.29 is 19.1 Å². The zero-order valence-electron chi connectivity index (χ0n) is 13.2. The van der Waals surface area contributed by atoms with Crippen molar-refractivity contribution in [2.75, 3.05) is 13.2 Å². The molecule has 7 heteroatoms. The Morgan fingerprint density at radius 1 is 0.840 bits per heavy atom. The van der Waals surface area contributed by atoms with Gasteiger partial charge >= 0.3 is 17.8 Å². The van der Waals surface area contributed by atoms with E-state index in [0.717, 1.165) is 15.4 Å². The Bertz CT molecular complexity index is 810. The molecule has 25 heavy (non-hydrogen) atoms. The molecule has 0 N–H and O–H groups in total. The predicted molar refractivity (Wildman–Crippen MR) is 91.0 cm³/mol. The summed E-state index contributed by atoms with van der Waals surface area (Å²) in [6.45, 7) is 0.0830. The number of hydrogen-bond donors (Lipinski definition) is 0. The number of nitrogens with zero attached hydrogens (tertiary/aromatic N) is 2. The van der Waals surface area contributed by atoms with Crippen LogP contribution in [0.2, 0.25) is 5.02 Å². The van der Waals surface area contributed by atoms with E-state index in [1.807, 2.05) is 6.07 Å². The fourth-order valence-corrected chi connectivity index (χ4v) is 2.65. The molecule has 1 aliphatic rings. The molecule has 4 amide bonds. The monoisotopic (exact) mass is 358 g/mol. The van der Waals surface area contributed by atoms with E-state index in [1.54, 1.807) is 48.5 Å². The quantitative estimate of drug-likeness (QED) is 0.588. The van der Waals surface area contributed by atoms with Crippen LogP contribution in [0.1, 0.15) is 5.56 Å². The fraction of sp³-hybridized carbons (Fsp3) is 0.167. The average molecular weight is 359 g/mol. The number of carbonyl (C=O) groups is 3. The van der Waals surface area contributed by atoms with E-state index in [-0.39, 0.29) is 19.7 Å². The van der Waals surface area contributed by atoms with Crippen molar-refractivity contribution in [1.29, 1.82) is 0 Å². The van der Waals surface area contributed by atoms with Crippen LogP contribution in [0.3, 0.4) is 0 Å². The highest BCUT2D eigenvalue weighted by Gasteiger charge is 2.44. The molecule has 0 radical (unpaired) electrons. The van der Waals surface area contributed by atoms with Crippen molar-refractivity contribution in [2.45, 2.75) is 6.54 Å². The van der Waals surface area contributed by atoms with Crippen molar-refractivity contribution in [3.8, 4) is 5.75 Å². The maximum Gasteiger partial charge on any atom is 0.334 e. The second-order valence-corrected chi connectivity index (χ2v) is 5.80. The zero-order valence-corrected chi connectivity index (χ0v) is 14.0. The molecule has 6 nitrogen and oxygen atoms in total. The Morgan fingerprint density at radius 2 is 1.48 bits per heavy atom. The SMILES string of the molecule is O=C1C(=O)N(Cc2ccccc2)C(=O)N1CCOc1ccccc1Cl. The average Bonchev–Trinajstić information content (AvgIpc) is 2.82. The number of imide groups is 2. The molecule has 128 valence electrons. The Balaban J connectivity index is 1.62. The molecule has 3 rings (SSSR count). The number of ether oxygens (including phenoxy) is 1. The summed E-state index contributed by atoms with van der Waals surface area (Å²) in [6.07, 6.45) is 0. The minimum absolute atomic E-state index is 0.0279. The van der Waals surface area contributed by atoms with Gasteiger partial charge in [-0.25, -0.2) is 4.79 Å². The van der Waals surface area contributed by atoms with Gasteiger partial charge in [0.15, 0.2) is 0 Å². The number of amides is 4. The van der Waals surface area contributed by atoms with Crippen LogP contribution in [0.15, 0.2) is 54.6 Å². The Hall–Kier alpha value is -2.86. The molecule has 0 aromatic heterocycles. The highest BCUT2D eigenvalue weighted by Crippen LogP contribution is 2.23. The van der Waals surface area contributed by atoms with Crippen LogP contribution in [0.25, 0.3) is 0 Å². The standard InChI is InChI=1S/C18H15ClN2O4/c19-14-8-4-5-9-15(14)25-11-10-20-16(22)17(23)21(18(20)24)12-13-6-2-1-3-7-13/h1-9H,10-12H2. The zero-order chi connectivity index (χ0) is 17.8. The number of urea groups is 1. The summed E-state index contributed by atoms with van der Waals surface area (Å²) in [5.41, 5.74) is 0.770. The van der Waals surface area contributed by atoms with Crippen molar-refractivity contribution in [3.63, 3.8) is 0 Å². The highest BCUT2D eigenvalue weighted by atomic mass is 35.5. The fourth-order valence-electron chi connectivity index (χ4n) is 2.46. The van der Waals surface area contributed by atoms with E-state index in [4.69, 9.17) is 16.3 Å². The molecule has 2 aromatic rings. The minimum Gasteiger partial charge on any atom is -0.490 e. The second kappa shape index (κ2) is 7.36. The molecule has 0 saturated carbocycles. The van der Waals surface area contributed by atoms with Gasteiger partial charge in [0.25, 0.3) is 0 Å². The lowest BCUT2D eigenvalue weighted by atomic mass is 10.2. The smallest absolute Gasteiger partial charge is 0.334 e. The third-order valence-electron chi connectivity index (χ3n) is 3.73. The van der Waals surface area contributed by atoms with Gasteiger partial charge in [-0.3, -0.25) is 19.4 Å². The molecule has 0 bridgehead atoms. The maximum absolute atomic E-state index is 12.4. The van der Waals surface area contributed by atoms with Gasteiger partial charge in [0.2, 0.25) is 0 Å². The molecular formula is C18H15ClN2O4. The normalized spacial score (nSPS) is 14.4. The summed E-state index contributed by atoms with van der Waals surface area (Å²) >= 11 is 5.98. The number of para-hydroxylation sites is 1. The Labute approximate surface area is 149 Å². The van der Waals surface area contributed by atoms with Crippen LogP contribution >= 0.6 is 11.6 Å². The van der Waals surface area contributed by atoms with Crippen LogP contribution < -0.4 is 4.74 Å². The second-order valence-electron chi connectivity index (χ2n) is 5.40. The van der Waals surface area contributed by atoms with Crippen molar-refractivity contribution in [1.82, 2.24) is 9.80 Å². The van der Waals surface area contributed by atoms with E-state index in [0.29, 0.717) is 10.8 Å². The first kappa shape index (κ1) is 17.0. The summed E-state index contributed by atoms with van der Waals surface area (Å²) in [7, 11) is 0. The van der Waals surface area contributed by atoms with Gasteiger partial charge in [-0.15, -0.1) is 0 Å². The van der Waals surface area contributed by atoms with Crippen LogP contribution in [0.4, 0.5) is 4.79 Å². The lowest BCUT2D eigenvalue weighted by Gasteiger charge is -2.16. The first-order valence-corrected chi connectivity index (χ1v) is 8.04. The van der Waals surface area contributed by atoms with Crippen LogP contribution in [-0.2, 0) is 16.1 Å². The van der Waals surface area contributed by atoms with Crippen molar-refractivity contribution in [3.05, 3.63) is 65.2 Å². The van der Waals surface area contributed by atoms with Crippen LogP contribution in [-0.4, -0.2) is 40.8 Å². The largest absolute Gasteiger partial charge is 0.490 e. The number of rotatable bonds is 6. The molecule has 1 fully saturated rings. The Morgan fingerprint density at radius 3 is 2.20 bits per heavy atom. The van der Waals surface area contributed by atoms with E-state index < -0.39 is 17.8 Å². The van der Waals surface area contributed by atoms with Gasteiger partial charge in [0.1, 0.15) is 12.4 Å². The molecule has 1 aliphatic heterocycles. The molecule has 0 aliphatic carbocycles. The lowest BCUT2D eigenvalue weighted by Crippen LogP contribution is -2.35. The molecule has 1 saturated heterocycles. The highest BCUT2D eigenvalue weighted by molar-refractivity contribution is 6.44. The third kappa shape index (κ3) is 3.64. The number of hydrogen-bond acceptors (Lipinski definition) is 4. The summed E-state index contributed by atoms with van der Waals surface area (Å²) in [5.74, 6) is -1.22. The Kier molecular flexibility index (Phi) is 5.00. The summed E-state index contributed by atoms with van der Waals surface area (Å²) in [6, 6.07) is 15.3. The minimum atomic E-state index is -0.844. The number of carbonyl (C=O) groups excluding carboxylic acids is 3. The molecule has 0 unspecified atom stereocenters. The summed E-state index contributed by atoms with van der Waals surface area (Å²) in [5, 5.41) is 0.434. The van der Waals surface area contributed by atoms with E-state index in [1.165, 1.54) is 0 Å². The van der Waals surface area contributed by atoms with Crippen LogP contribution in [0, 0.1) is 0 Å². The topological polar surface area (TPSA) is 66.9 Å². The van der Waals surface area contributed by atoms with Crippen LogP contribution in [0.5, 0.6) is 5.75 Å². The number of benzene rings is 2. The summed E-state index contributed by atoms with van der Waals surface area (Å²) in [4.78, 5) is 38.3. The predicted octanol–water partition coefficient (Wildman–Crippen LogP) is 2.71. The van der Waals surface area contributed by atoms with Gasteiger partial charge in [-0.2, -0.15) is 0 Å². The molecule has 1 heterocycles. The van der Waals surface area contributed by atoms with Gasteiger partial charge in [-0.1, -0.05) is 54.1 Å². The van der Waals surface area contributed by atoms with Crippen molar-refractivity contribution in [2.24, 2.45) is 0 Å². The lowest BCUT2D eigenvalue weighted by molar-refractivity contribution is -0.143. The first-order valence-electron chi connectivity index (χ1n) is 7.66. The maximum atomic E-state index is 12.4. The van der Waals surface area contributed by atoms with Gasteiger partial charge in [0.05, 0.1) is 18.1 Å². The van der Waals surface area contributed by atoms with E-state index in [2.05, 4.69) is 0 Å². The van der Waals surface area contributed by atoms with Gasteiger partial charge in [0, 0.05) is 0 Å². The molecular weight excluding hydrogens is 344 g/mol. The molecule has 0 spiro atoms. The van der Waals surface area contributed by atoms with Gasteiger partial charge in [-0.05, 0) is 17.7 Å². The summed E-state index contributed by atoms with van der Waals surface area (Å²) < 4.78 is 5.48. The first-order chi connectivity index (χ1) is 12.1. The van der Waals surface area contributed by atoms with E-state index >= 15 is 0 Å².